The molecule has 0 heterocycles. The van der Waals surface area contributed by atoms with Crippen LogP contribution in [0.2, 0.25) is 0 Å². The van der Waals surface area contributed by atoms with Crippen LogP contribution in [0, 0.1) is 5.82 Å². The molecular formula is C17H17FN2O3S. The summed E-state index contributed by atoms with van der Waals surface area (Å²) in [6, 6.07) is 12.0. The van der Waals surface area contributed by atoms with Crippen molar-refractivity contribution in [3.05, 3.63) is 71.6 Å². The molecule has 0 atom stereocenters. The fourth-order valence-electron chi connectivity index (χ4n) is 1.98. The largest absolute Gasteiger partial charge is 0.352 e. The number of carbonyl (C=O) groups excluding carboxylic acids is 1. The van der Waals surface area contributed by atoms with Crippen LogP contribution in [-0.4, -0.2) is 20.9 Å². The smallest absolute Gasteiger partial charge is 0.244 e. The normalized spacial score (nSPS) is 11.6. The van der Waals surface area contributed by atoms with E-state index in [1.807, 2.05) is 0 Å². The molecule has 3 N–H and O–H groups in total. The first-order valence-electron chi connectivity index (χ1n) is 7.18. The van der Waals surface area contributed by atoms with Crippen LogP contribution >= 0.6 is 0 Å². The van der Waals surface area contributed by atoms with E-state index >= 15 is 0 Å². The highest BCUT2D eigenvalue weighted by Gasteiger charge is 2.06. The van der Waals surface area contributed by atoms with E-state index in [9.17, 15) is 17.6 Å². The molecule has 0 bridgehead atoms. The summed E-state index contributed by atoms with van der Waals surface area (Å²) < 4.78 is 35.1. The van der Waals surface area contributed by atoms with Crippen molar-refractivity contribution >= 4 is 22.0 Å². The Morgan fingerprint density at radius 1 is 1.08 bits per heavy atom. The molecule has 5 nitrogen and oxygen atoms in total. The van der Waals surface area contributed by atoms with Crippen molar-refractivity contribution in [2.45, 2.75) is 11.3 Å². The Kier molecular flexibility index (Phi) is 5.83. The van der Waals surface area contributed by atoms with Crippen LogP contribution in [0.25, 0.3) is 6.08 Å². The lowest BCUT2D eigenvalue weighted by Crippen LogP contribution is -2.23. The van der Waals surface area contributed by atoms with Gasteiger partial charge < -0.3 is 5.32 Å². The highest BCUT2D eigenvalue weighted by Crippen LogP contribution is 2.09. The molecule has 0 saturated heterocycles. The molecule has 0 aliphatic rings. The van der Waals surface area contributed by atoms with E-state index in [0.29, 0.717) is 13.0 Å². The highest BCUT2D eigenvalue weighted by atomic mass is 32.2. The lowest BCUT2D eigenvalue weighted by Gasteiger charge is -2.04. The number of nitrogens with two attached hydrogens (primary N) is 1. The first-order chi connectivity index (χ1) is 11.3. The van der Waals surface area contributed by atoms with Gasteiger partial charge in [-0.3, -0.25) is 4.79 Å². The summed E-state index contributed by atoms with van der Waals surface area (Å²) in [6.45, 7) is 0.404. The van der Waals surface area contributed by atoms with E-state index in [1.165, 1.54) is 30.3 Å². The van der Waals surface area contributed by atoms with Crippen LogP contribution in [0.4, 0.5) is 4.39 Å². The molecule has 7 heteroatoms. The van der Waals surface area contributed by atoms with Crippen molar-refractivity contribution < 1.29 is 17.6 Å². The molecule has 0 aliphatic heterocycles. The quantitative estimate of drug-likeness (QED) is 0.781. The van der Waals surface area contributed by atoms with Crippen LogP contribution in [0.1, 0.15) is 11.1 Å². The Balaban J connectivity index is 1.81. The maximum absolute atomic E-state index is 12.8. The maximum Gasteiger partial charge on any atom is 0.244 e. The Hall–Kier alpha value is -2.51. The van der Waals surface area contributed by atoms with Crippen LogP contribution < -0.4 is 10.5 Å². The van der Waals surface area contributed by atoms with Crippen LogP contribution in [0.5, 0.6) is 0 Å². The minimum absolute atomic E-state index is 0.0533. The summed E-state index contributed by atoms with van der Waals surface area (Å²) in [4.78, 5) is 11.7. The molecule has 0 aromatic heterocycles. The summed E-state index contributed by atoms with van der Waals surface area (Å²) in [5.41, 5.74) is 1.61. The number of amides is 1. The van der Waals surface area contributed by atoms with E-state index in [2.05, 4.69) is 5.32 Å². The summed E-state index contributed by atoms with van der Waals surface area (Å²) in [6.07, 6.45) is 3.52. The Morgan fingerprint density at radius 3 is 2.29 bits per heavy atom. The number of hydrogen-bond acceptors (Lipinski definition) is 3. The number of primary sulfonamides is 1. The van der Waals surface area contributed by atoms with Crippen molar-refractivity contribution in [1.82, 2.24) is 5.32 Å². The second kappa shape index (κ2) is 7.85. The third kappa shape index (κ3) is 5.60. The van der Waals surface area contributed by atoms with Gasteiger partial charge in [-0.1, -0.05) is 24.3 Å². The predicted octanol–water partition coefficient (Wildman–Crippen LogP) is 1.85. The van der Waals surface area contributed by atoms with Gasteiger partial charge in [0, 0.05) is 12.6 Å². The van der Waals surface area contributed by atoms with Crippen molar-refractivity contribution in [1.29, 1.82) is 0 Å². The third-order valence-corrected chi connectivity index (χ3v) is 4.19. The number of benzene rings is 2. The molecule has 24 heavy (non-hydrogen) atoms. The SMILES string of the molecule is NS(=O)(=O)c1ccc(CCNC(=O)/C=C/c2ccc(F)cc2)cc1. The number of halogens is 1. The molecular weight excluding hydrogens is 331 g/mol. The lowest BCUT2D eigenvalue weighted by molar-refractivity contribution is -0.116. The summed E-state index contributed by atoms with van der Waals surface area (Å²) in [5.74, 6) is -0.592. The summed E-state index contributed by atoms with van der Waals surface area (Å²) in [7, 11) is -3.69. The molecule has 1 amide bonds. The monoisotopic (exact) mass is 348 g/mol. The molecule has 2 aromatic rings. The number of nitrogens with one attached hydrogen (secondary N) is 1. The van der Waals surface area contributed by atoms with Gasteiger partial charge in [0.25, 0.3) is 0 Å². The van der Waals surface area contributed by atoms with Gasteiger partial charge in [0.2, 0.25) is 15.9 Å². The van der Waals surface area contributed by atoms with Gasteiger partial charge in [-0.25, -0.2) is 17.9 Å². The van der Waals surface area contributed by atoms with Crippen molar-refractivity contribution in [2.75, 3.05) is 6.54 Å². The average Bonchev–Trinajstić information content (AvgIpc) is 2.54. The van der Waals surface area contributed by atoms with Crippen molar-refractivity contribution in [2.24, 2.45) is 5.14 Å². The van der Waals surface area contributed by atoms with Crippen molar-refractivity contribution in [3.63, 3.8) is 0 Å². The first-order valence-corrected chi connectivity index (χ1v) is 8.72. The molecule has 0 aliphatic carbocycles. The summed E-state index contributed by atoms with van der Waals surface area (Å²) >= 11 is 0. The minimum atomic E-state index is -3.69. The van der Waals surface area contributed by atoms with E-state index < -0.39 is 10.0 Å². The van der Waals surface area contributed by atoms with Gasteiger partial charge in [-0.05, 0) is 47.9 Å². The second-order valence-corrected chi connectivity index (χ2v) is 6.68. The molecule has 126 valence electrons. The standard InChI is InChI=1S/C17H17FN2O3S/c18-15-6-1-13(2-7-15)5-10-17(21)20-12-11-14-3-8-16(9-4-14)24(19,22)23/h1-10H,11-12H2,(H,20,21)(H2,19,22,23)/b10-5+. The van der Waals surface area contributed by atoms with E-state index in [4.69, 9.17) is 5.14 Å². The molecule has 0 spiro atoms. The van der Waals surface area contributed by atoms with Crippen molar-refractivity contribution in [3.8, 4) is 0 Å². The minimum Gasteiger partial charge on any atom is -0.352 e. The number of rotatable bonds is 6. The lowest BCUT2D eigenvalue weighted by atomic mass is 10.1. The zero-order chi connectivity index (χ0) is 17.6. The fourth-order valence-corrected chi connectivity index (χ4v) is 2.50. The van der Waals surface area contributed by atoms with Gasteiger partial charge in [0.05, 0.1) is 4.90 Å². The Morgan fingerprint density at radius 2 is 1.71 bits per heavy atom. The number of sulfonamides is 1. The third-order valence-electron chi connectivity index (χ3n) is 3.26. The van der Waals surface area contributed by atoms with Crippen LogP contribution in [0.15, 0.2) is 59.5 Å². The average molecular weight is 348 g/mol. The first kappa shape index (κ1) is 17.8. The van der Waals surface area contributed by atoms with Gasteiger partial charge >= 0.3 is 0 Å². The molecule has 2 aromatic carbocycles. The Bertz CT molecular complexity index is 829. The second-order valence-electron chi connectivity index (χ2n) is 5.11. The molecule has 0 radical (unpaired) electrons. The number of carbonyl (C=O) groups is 1. The fraction of sp³-hybridized carbons (Fsp3) is 0.118. The molecule has 2 rings (SSSR count). The topological polar surface area (TPSA) is 89.3 Å². The maximum atomic E-state index is 12.8. The number of hydrogen-bond donors (Lipinski definition) is 2. The highest BCUT2D eigenvalue weighted by molar-refractivity contribution is 7.89. The van der Waals surface area contributed by atoms with Crippen LogP contribution in [0.3, 0.4) is 0 Å². The summed E-state index contributed by atoms with van der Waals surface area (Å²) in [5, 5.41) is 7.74. The molecule has 0 fully saturated rings. The van der Waals surface area contributed by atoms with E-state index in [-0.39, 0.29) is 16.6 Å². The zero-order valence-corrected chi connectivity index (χ0v) is 13.6. The van der Waals surface area contributed by atoms with E-state index in [0.717, 1.165) is 11.1 Å². The van der Waals surface area contributed by atoms with Gasteiger partial charge in [-0.15, -0.1) is 0 Å². The molecule has 0 unspecified atom stereocenters. The Labute approximate surface area is 140 Å². The predicted molar refractivity (Wildman–Crippen MR) is 90.0 cm³/mol. The molecule has 0 saturated carbocycles. The van der Waals surface area contributed by atoms with Gasteiger partial charge in [0.15, 0.2) is 0 Å². The van der Waals surface area contributed by atoms with Gasteiger partial charge in [0.1, 0.15) is 5.82 Å². The van der Waals surface area contributed by atoms with Crippen LogP contribution in [-0.2, 0) is 21.2 Å². The van der Waals surface area contributed by atoms with Gasteiger partial charge in [-0.2, -0.15) is 0 Å². The van der Waals surface area contributed by atoms with E-state index in [1.54, 1.807) is 30.3 Å². The zero-order valence-electron chi connectivity index (χ0n) is 12.8.